The first-order chi connectivity index (χ1) is 34.5. The summed E-state index contributed by atoms with van der Waals surface area (Å²) in [4.78, 5) is 0. The Balaban J connectivity index is 0.839. The minimum absolute atomic E-state index is 1.17. The molecule has 2 nitrogen and oxygen atoms in total. The lowest BCUT2D eigenvalue weighted by Gasteiger charge is -2.18. The maximum atomic E-state index is 2.40. The van der Waals surface area contributed by atoms with E-state index in [-0.39, 0.29) is 0 Å². The molecule has 0 saturated carbocycles. The Labute approximate surface area is 408 Å². The third kappa shape index (κ3) is 7.04. The summed E-state index contributed by atoms with van der Waals surface area (Å²) in [5.74, 6) is 0. The molecule has 13 aromatic rings. The molecule has 0 saturated heterocycles. The molecule has 0 radical (unpaired) electrons. The highest BCUT2D eigenvalue weighted by atomic mass is 15.0. The Kier molecular flexibility index (Phi) is 9.99. The molecule has 0 fully saturated rings. The number of aromatic nitrogens is 2. The van der Waals surface area contributed by atoms with Gasteiger partial charge in [-0.05, 0) is 177 Å². The first-order valence-electron chi connectivity index (χ1n) is 24.2. The summed E-state index contributed by atoms with van der Waals surface area (Å²) in [6.07, 6.45) is 0. The number of rotatable bonds is 8. The third-order valence-corrected chi connectivity index (χ3v) is 14.4. The van der Waals surface area contributed by atoms with Gasteiger partial charge in [0, 0.05) is 32.9 Å². The van der Waals surface area contributed by atoms with Crippen LogP contribution in [-0.4, -0.2) is 9.13 Å². The second-order valence-corrected chi connectivity index (χ2v) is 18.6. The number of aryl methyl sites for hydroxylation is 2. The number of fused-ring (bicyclic) bond motifs is 6. The molecule has 11 aromatic carbocycles. The van der Waals surface area contributed by atoms with Gasteiger partial charge in [-0.1, -0.05) is 170 Å². The van der Waals surface area contributed by atoms with Gasteiger partial charge >= 0.3 is 0 Å². The summed E-state index contributed by atoms with van der Waals surface area (Å²) in [6, 6.07) is 93.5. The maximum Gasteiger partial charge on any atom is 0.0541 e. The third-order valence-electron chi connectivity index (χ3n) is 14.4. The Hall–Kier alpha value is -8.98. The highest BCUT2D eigenvalue weighted by Crippen LogP contribution is 2.42. The van der Waals surface area contributed by atoms with Crippen molar-refractivity contribution in [1.82, 2.24) is 9.13 Å². The van der Waals surface area contributed by atoms with E-state index in [0.717, 1.165) is 0 Å². The molecule has 0 spiro atoms. The van der Waals surface area contributed by atoms with Crippen molar-refractivity contribution in [2.45, 2.75) is 13.8 Å². The van der Waals surface area contributed by atoms with E-state index in [1.54, 1.807) is 0 Å². The van der Waals surface area contributed by atoms with Crippen LogP contribution >= 0.6 is 0 Å². The highest BCUT2D eigenvalue weighted by Gasteiger charge is 2.18. The Morgan fingerprint density at radius 3 is 1.13 bits per heavy atom. The average Bonchev–Trinajstić information content (AvgIpc) is 3.94. The predicted molar refractivity (Wildman–Crippen MR) is 297 cm³/mol. The van der Waals surface area contributed by atoms with Crippen LogP contribution in [0.2, 0.25) is 0 Å². The van der Waals surface area contributed by atoms with Crippen LogP contribution in [0.1, 0.15) is 11.1 Å². The average molecular weight is 893 g/mol. The molecule has 0 aliphatic rings. The molecule has 0 amide bonds. The molecular weight excluding hydrogens is 845 g/mol. The monoisotopic (exact) mass is 892 g/mol. The van der Waals surface area contributed by atoms with Crippen LogP contribution in [0.25, 0.3) is 122 Å². The van der Waals surface area contributed by atoms with Gasteiger partial charge in [0.2, 0.25) is 0 Å². The summed E-state index contributed by atoms with van der Waals surface area (Å²) in [5, 5.41) is 5.03. The first kappa shape index (κ1) is 41.2. The lowest BCUT2D eigenvalue weighted by Crippen LogP contribution is -1.94. The second-order valence-electron chi connectivity index (χ2n) is 18.6. The van der Waals surface area contributed by atoms with Crippen LogP contribution < -0.4 is 0 Å². The zero-order valence-corrected chi connectivity index (χ0v) is 39.1. The van der Waals surface area contributed by atoms with E-state index in [4.69, 9.17) is 0 Å². The molecule has 0 bridgehead atoms. The number of benzene rings is 11. The lowest BCUT2D eigenvalue weighted by atomic mass is 9.86. The number of para-hydroxylation sites is 4. The minimum atomic E-state index is 1.17. The minimum Gasteiger partial charge on any atom is -0.309 e. The molecule has 0 aliphatic carbocycles. The topological polar surface area (TPSA) is 9.86 Å². The molecule has 0 unspecified atom stereocenters. The molecule has 0 atom stereocenters. The van der Waals surface area contributed by atoms with E-state index in [1.165, 1.54) is 133 Å². The molecular formula is C68H48N2. The number of hydrogen-bond acceptors (Lipinski definition) is 0. The first-order valence-corrected chi connectivity index (χ1v) is 24.2. The van der Waals surface area contributed by atoms with Gasteiger partial charge in [0.05, 0.1) is 22.1 Å². The van der Waals surface area contributed by atoms with E-state index in [0.29, 0.717) is 0 Å². The zero-order chi connectivity index (χ0) is 46.7. The van der Waals surface area contributed by atoms with Gasteiger partial charge in [0.25, 0.3) is 0 Å². The maximum absolute atomic E-state index is 2.40. The van der Waals surface area contributed by atoms with Crippen LogP contribution in [0.15, 0.2) is 255 Å². The smallest absolute Gasteiger partial charge is 0.0541 e. The Morgan fingerprint density at radius 2 is 0.614 bits per heavy atom. The van der Waals surface area contributed by atoms with Crippen molar-refractivity contribution in [3.63, 3.8) is 0 Å². The molecule has 2 heterocycles. The van der Waals surface area contributed by atoms with Crippen molar-refractivity contribution in [3.05, 3.63) is 266 Å². The Bertz CT molecular complexity index is 4130. The van der Waals surface area contributed by atoms with Gasteiger partial charge in [0.15, 0.2) is 0 Å². The van der Waals surface area contributed by atoms with Crippen LogP contribution in [0.5, 0.6) is 0 Å². The fraction of sp³-hybridized carbons (Fsp3) is 0.0294. The van der Waals surface area contributed by atoms with Gasteiger partial charge in [-0.3, -0.25) is 0 Å². The zero-order valence-electron chi connectivity index (χ0n) is 39.1. The van der Waals surface area contributed by atoms with Crippen LogP contribution in [0.3, 0.4) is 0 Å². The molecule has 0 aliphatic heterocycles. The lowest BCUT2D eigenvalue weighted by molar-refractivity contribution is 1.18. The van der Waals surface area contributed by atoms with Gasteiger partial charge in [0.1, 0.15) is 0 Å². The summed E-state index contributed by atoms with van der Waals surface area (Å²) in [6.45, 7) is 4.49. The summed E-state index contributed by atoms with van der Waals surface area (Å²) >= 11 is 0. The van der Waals surface area contributed by atoms with Gasteiger partial charge in [-0.25, -0.2) is 0 Å². The van der Waals surface area contributed by atoms with Gasteiger partial charge in [-0.2, -0.15) is 0 Å². The predicted octanol–water partition coefficient (Wildman–Crippen LogP) is 18.5. The molecule has 70 heavy (non-hydrogen) atoms. The standard InChI is InChI=1S/C68H48N2/c1-45-33-34-52(54-36-38-67-63(44-54)60-29-10-12-32-65(60)70(67)57-26-7-4-8-27-57)42-61(45)68-46(2)17-13-30-58(68)55-23-16-22-51(41-55)49-20-14-18-47(39-49)48-19-15-21-50(40-48)53-35-37-66-62(43-53)59-28-9-11-31-64(59)69(66)56-24-5-3-6-25-56/h3-44H,1-2H3. The quantitative estimate of drug-likeness (QED) is 0.144. The summed E-state index contributed by atoms with van der Waals surface area (Å²) in [7, 11) is 0. The number of hydrogen-bond donors (Lipinski definition) is 0. The molecule has 13 rings (SSSR count). The van der Waals surface area contributed by atoms with Crippen LogP contribution in [-0.2, 0) is 0 Å². The van der Waals surface area contributed by atoms with Crippen molar-refractivity contribution in [2.75, 3.05) is 0 Å². The molecule has 2 aromatic heterocycles. The van der Waals surface area contributed by atoms with E-state index >= 15 is 0 Å². The normalized spacial score (nSPS) is 11.6. The fourth-order valence-electron chi connectivity index (χ4n) is 11.0. The van der Waals surface area contributed by atoms with Crippen molar-refractivity contribution >= 4 is 43.6 Å². The van der Waals surface area contributed by atoms with E-state index in [9.17, 15) is 0 Å². The van der Waals surface area contributed by atoms with Crippen LogP contribution in [0.4, 0.5) is 0 Å². The largest absolute Gasteiger partial charge is 0.309 e. The van der Waals surface area contributed by atoms with Crippen molar-refractivity contribution in [1.29, 1.82) is 0 Å². The second kappa shape index (κ2) is 17.0. The van der Waals surface area contributed by atoms with Crippen molar-refractivity contribution in [2.24, 2.45) is 0 Å². The van der Waals surface area contributed by atoms with Gasteiger partial charge < -0.3 is 9.13 Å². The van der Waals surface area contributed by atoms with E-state index < -0.39 is 0 Å². The van der Waals surface area contributed by atoms with E-state index in [1.807, 2.05) is 0 Å². The fourth-order valence-corrected chi connectivity index (χ4v) is 11.0. The van der Waals surface area contributed by atoms with Crippen molar-refractivity contribution < 1.29 is 0 Å². The van der Waals surface area contributed by atoms with Crippen LogP contribution in [0, 0.1) is 13.8 Å². The van der Waals surface area contributed by atoms with Crippen molar-refractivity contribution in [3.8, 4) is 78.1 Å². The highest BCUT2D eigenvalue weighted by molar-refractivity contribution is 6.12. The van der Waals surface area contributed by atoms with Gasteiger partial charge in [-0.15, -0.1) is 0 Å². The number of nitrogens with zero attached hydrogens (tertiary/aromatic N) is 2. The summed E-state index contributed by atoms with van der Waals surface area (Å²) in [5.41, 5.74) is 24.3. The summed E-state index contributed by atoms with van der Waals surface area (Å²) < 4.78 is 4.75. The SMILES string of the molecule is Cc1ccc(-c2ccc3c(c2)c2ccccc2n3-c2ccccc2)cc1-c1c(C)cccc1-c1cccc(-c2cccc(-c3cccc(-c4ccc5c(c4)c4ccccc4n5-c4ccccc4)c3)c2)c1. The molecule has 2 heteroatoms. The Morgan fingerprint density at radius 1 is 0.229 bits per heavy atom. The molecule has 0 N–H and O–H groups in total. The van der Waals surface area contributed by atoms with E-state index in [2.05, 4.69) is 278 Å². The molecule has 330 valence electrons.